The maximum Gasteiger partial charge on any atom is 0.256 e. The van der Waals surface area contributed by atoms with E-state index >= 15 is 0 Å². The van der Waals surface area contributed by atoms with Crippen molar-refractivity contribution >= 4 is 5.91 Å². The van der Waals surface area contributed by atoms with Crippen LogP contribution >= 0.6 is 0 Å². The second-order valence-electron chi connectivity index (χ2n) is 7.67. The number of carbonyl (C=O) groups is 1. The molecule has 7 nitrogen and oxygen atoms in total. The molecule has 2 fully saturated rings. The molecule has 3 unspecified atom stereocenters. The number of hydrogen-bond donors (Lipinski definition) is 0. The van der Waals surface area contributed by atoms with E-state index in [1.54, 1.807) is 11.1 Å². The highest BCUT2D eigenvalue weighted by Gasteiger charge is 2.48. The van der Waals surface area contributed by atoms with Gasteiger partial charge in [-0.2, -0.15) is 15.0 Å². The Morgan fingerprint density at radius 2 is 2.00 bits per heavy atom. The number of ether oxygens (including phenoxy) is 1. The summed E-state index contributed by atoms with van der Waals surface area (Å²) in [4.78, 5) is 20.8. The number of halogens is 1. The lowest BCUT2D eigenvalue weighted by Crippen LogP contribution is -2.47. The van der Waals surface area contributed by atoms with E-state index in [9.17, 15) is 9.18 Å². The zero-order valence-corrected chi connectivity index (χ0v) is 15.9. The van der Waals surface area contributed by atoms with Gasteiger partial charge in [0.05, 0.1) is 29.7 Å². The van der Waals surface area contributed by atoms with Gasteiger partial charge in [-0.05, 0) is 49.4 Å². The Kier molecular flexibility index (Phi) is 4.26. The van der Waals surface area contributed by atoms with Crippen LogP contribution in [0.1, 0.15) is 28.8 Å². The van der Waals surface area contributed by atoms with E-state index in [0.717, 1.165) is 18.4 Å². The molecule has 0 N–H and O–H groups in total. The zero-order valence-electron chi connectivity index (χ0n) is 15.9. The fraction of sp³-hybridized carbons (Fsp3) is 0.333. The lowest BCUT2D eigenvalue weighted by atomic mass is 10.1. The molecule has 1 aliphatic heterocycles. The Balaban J connectivity index is 1.41. The van der Waals surface area contributed by atoms with Crippen molar-refractivity contribution in [3.63, 3.8) is 0 Å². The largest absolute Gasteiger partial charge is 0.472 e. The molecule has 3 heterocycles. The summed E-state index contributed by atoms with van der Waals surface area (Å²) in [5, 5.41) is 8.18. The van der Waals surface area contributed by atoms with Crippen molar-refractivity contribution in [1.82, 2.24) is 24.9 Å². The molecule has 8 heteroatoms. The van der Waals surface area contributed by atoms with Crippen molar-refractivity contribution in [1.29, 1.82) is 0 Å². The number of nitrogens with zero attached hydrogens (tertiary/aromatic N) is 5. The number of pyridine rings is 1. The summed E-state index contributed by atoms with van der Waals surface area (Å²) in [6.45, 7) is 2.62. The first-order valence-electron chi connectivity index (χ1n) is 9.65. The van der Waals surface area contributed by atoms with Gasteiger partial charge in [0.2, 0.25) is 5.88 Å². The minimum absolute atomic E-state index is 0.0581. The average molecular weight is 393 g/mol. The van der Waals surface area contributed by atoms with Crippen LogP contribution in [0.25, 0.3) is 5.69 Å². The summed E-state index contributed by atoms with van der Waals surface area (Å²) in [6, 6.07) is 7.83. The van der Waals surface area contributed by atoms with Gasteiger partial charge < -0.3 is 9.64 Å². The molecule has 0 radical (unpaired) electrons. The summed E-state index contributed by atoms with van der Waals surface area (Å²) < 4.78 is 20.1. The average Bonchev–Trinajstić information content (AvgIpc) is 3.46. The predicted molar refractivity (Wildman–Crippen MR) is 102 cm³/mol. The monoisotopic (exact) mass is 393 g/mol. The highest BCUT2D eigenvalue weighted by atomic mass is 19.1. The number of aryl methyl sites for hydroxylation is 1. The third kappa shape index (κ3) is 3.24. The summed E-state index contributed by atoms with van der Waals surface area (Å²) >= 11 is 0. The maximum absolute atomic E-state index is 14.0. The second-order valence-corrected chi connectivity index (χ2v) is 7.67. The number of rotatable bonds is 4. The van der Waals surface area contributed by atoms with Gasteiger partial charge in [0, 0.05) is 18.8 Å². The van der Waals surface area contributed by atoms with E-state index < -0.39 is 5.82 Å². The first kappa shape index (κ1) is 17.8. The smallest absolute Gasteiger partial charge is 0.256 e. The van der Waals surface area contributed by atoms with E-state index in [4.69, 9.17) is 4.74 Å². The molecule has 1 aromatic carbocycles. The Morgan fingerprint density at radius 3 is 2.72 bits per heavy atom. The normalized spacial score (nSPS) is 22.8. The van der Waals surface area contributed by atoms with Crippen LogP contribution in [0.4, 0.5) is 4.39 Å². The van der Waals surface area contributed by atoms with Gasteiger partial charge in [-0.1, -0.05) is 6.07 Å². The number of likely N-dealkylation sites (tertiary alicyclic amines) is 1. The Morgan fingerprint density at radius 1 is 1.17 bits per heavy atom. The zero-order chi connectivity index (χ0) is 20.0. The molecular weight excluding hydrogens is 373 g/mol. The number of carbonyl (C=O) groups excluding carboxylic acids is 1. The van der Waals surface area contributed by atoms with Crippen molar-refractivity contribution in [2.45, 2.75) is 31.9 Å². The molecule has 3 aromatic rings. The Bertz CT molecular complexity index is 1040. The van der Waals surface area contributed by atoms with Gasteiger partial charge >= 0.3 is 0 Å². The van der Waals surface area contributed by atoms with Gasteiger partial charge in [0.1, 0.15) is 11.9 Å². The van der Waals surface area contributed by atoms with Crippen LogP contribution in [-0.4, -0.2) is 49.5 Å². The number of hydrogen-bond acceptors (Lipinski definition) is 5. The van der Waals surface area contributed by atoms with Crippen molar-refractivity contribution in [2.24, 2.45) is 5.92 Å². The third-order valence-corrected chi connectivity index (χ3v) is 5.67. The van der Waals surface area contributed by atoms with Crippen LogP contribution in [0.2, 0.25) is 0 Å². The summed E-state index contributed by atoms with van der Waals surface area (Å²) in [5.41, 5.74) is 1.77. The molecule has 1 saturated heterocycles. The molecule has 1 aliphatic carbocycles. The maximum atomic E-state index is 14.0. The van der Waals surface area contributed by atoms with E-state index in [-0.39, 0.29) is 23.6 Å². The summed E-state index contributed by atoms with van der Waals surface area (Å²) in [7, 11) is 0. The molecule has 1 amide bonds. The lowest BCUT2D eigenvalue weighted by Gasteiger charge is -2.33. The first-order chi connectivity index (χ1) is 14.1. The standard InChI is InChI=1S/C21H20FN5O2/c1-13-2-5-20(23-11-13)29-19-9-14-8-18(19)26(12-14)21(28)16-10-15(22)3-4-17(16)27-24-6-7-25-27/h2-7,10-11,14,18-19H,8-9,12H2,1H3. The van der Waals surface area contributed by atoms with Crippen LogP contribution in [0.5, 0.6) is 5.88 Å². The SMILES string of the molecule is Cc1ccc(OC2CC3CC2N(C(=O)c2cc(F)ccc2-n2nccn2)C3)nc1. The van der Waals surface area contributed by atoms with E-state index in [1.807, 2.05) is 19.1 Å². The number of amides is 1. The molecule has 2 aliphatic rings. The van der Waals surface area contributed by atoms with Gasteiger partial charge in [-0.3, -0.25) is 4.79 Å². The molecular formula is C21H20FN5O2. The Hall–Kier alpha value is -3.29. The number of piperidine rings is 1. The quantitative estimate of drug-likeness (QED) is 0.682. The molecule has 2 aromatic heterocycles. The van der Waals surface area contributed by atoms with E-state index in [0.29, 0.717) is 24.0 Å². The highest BCUT2D eigenvalue weighted by molar-refractivity contribution is 5.98. The van der Waals surface area contributed by atoms with Crippen LogP contribution in [0, 0.1) is 18.7 Å². The number of aromatic nitrogens is 4. The van der Waals surface area contributed by atoms with Crippen LogP contribution in [0.15, 0.2) is 48.9 Å². The van der Waals surface area contributed by atoms with Gasteiger partial charge in [-0.25, -0.2) is 9.37 Å². The molecule has 3 atom stereocenters. The summed E-state index contributed by atoms with van der Waals surface area (Å²) in [5.74, 6) is 0.242. The van der Waals surface area contributed by atoms with Crippen LogP contribution in [-0.2, 0) is 0 Å². The van der Waals surface area contributed by atoms with Crippen molar-refractivity contribution in [3.8, 4) is 11.6 Å². The number of benzene rings is 1. The lowest BCUT2D eigenvalue weighted by molar-refractivity contribution is 0.0466. The Labute approximate surface area is 167 Å². The van der Waals surface area contributed by atoms with Crippen molar-refractivity contribution in [3.05, 3.63) is 65.9 Å². The minimum atomic E-state index is -0.467. The van der Waals surface area contributed by atoms with Gasteiger partial charge in [-0.15, -0.1) is 0 Å². The fourth-order valence-corrected chi connectivity index (χ4v) is 4.35. The van der Waals surface area contributed by atoms with Gasteiger partial charge in [0.25, 0.3) is 5.91 Å². The predicted octanol–water partition coefficient (Wildman–Crippen LogP) is 2.79. The fourth-order valence-electron chi connectivity index (χ4n) is 4.35. The highest BCUT2D eigenvalue weighted by Crippen LogP contribution is 2.40. The van der Waals surface area contributed by atoms with Crippen LogP contribution < -0.4 is 4.74 Å². The van der Waals surface area contributed by atoms with E-state index in [2.05, 4.69) is 15.2 Å². The minimum Gasteiger partial charge on any atom is -0.472 e. The second kappa shape index (κ2) is 6.95. The molecule has 29 heavy (non-hydrogen) atoms. The molecule has 148 valence electrons. The molecule has 1 saturated carbocycles. The number of fused-ring (bicyclic) bond motifs is 2. The van der Waals surface area contributed by atoms with Gasteiger partial charge in [0.15, 0.2) is 0 Å². The van der Waals surface area contributed by atoms with Crippen molar-refractivity contribution < 1.29 is 13.9 Å². The third-order valence-electron chi connectivity index (χ3n) is 5.67. The molecule has 5 rings (SSSR count). The summed E-state index contributed by atoms with van der Waals surface area (Å²) in [6.07, 6.45) is 6.46. The molecule has 0 spiro atoms. The van der Waals surface area contributed by atoms with Crippen LogP contribution in [0.3, 0.4) is 0 Å². The van der Waals surface area contributed by atoms with E-state index in [1.165, 1.54) is 35.4 Å². The first-order valence-corrected chi connectivity index (χ1v) is 9.65. The topological polar surface area (TPSA) is 73.1 Å². The molecule has 2 bridgehead atoms. The van der Waals surface area contributed by atoms with Crippen molar-refractivity contribution in [2.75, 3.05) is 6.54 Å².